The van der Waals surface area contributed by atoms with Crippen molar-refractivity contribution in [2.24, 2.45) is 5.41 Å². The van der Waals surface area contributed by atoms with E-state index in [2.05, 4.69) is 37.6 Å². The Balaban J connectivity index is 4.07. The molecule has 0 amide bonds. The van der Waals surface area contributed by atoms with E-state index < -0.39 is 0 Å². The van der Waals surface area contributed by atoms with E-state index in [1.165, 1.54) is 0 Å². The van der Waals surface area contributed by atoms with Gasteiger partial charge in [-0.25, -0.2) is 0 Å². The number of hydrogen-bond acceptors (Lipinski definition) is 3. The third-order valence-electron chi connectivity index (χ3n) is 2.50. The molecule has 16 heavy (non-hydrogen) atoms. The summed E-state index contributed by atoms with van der Waals surface area (Å²) in [6, 6.07) is 0. The van der Waals surface area contributed by atoms with Crippen LogP contribution in [0.5, 0.6) is 0 Å². The van der Waals surface area contributed by atoms with Crippen molar-refractivity contribution in [3.8, 4) is 0 Å². The Morgan fingerprint density at radius 1 is 1.44 bits per heavy atom. The first-order chi connectivity index (χ1) is 7.55. The van der Waals surface area contributed by atoms with Crippen molar-refractivity contribution in [2.45, 2.75) is 20.8 Å². The lowest BCUT2D eigenvalue weighted by molar-refractivity contribution is 0.126. The largest absolute Gasteiger partial charge is 0.383 e. The highest BCUT2D eigenvalue weighted by atomic mass is 16.5. The van der Waals surface area contributed by atoms with Crippen LogP contribution in [-0.2, 0) is 4.74 Å². The zero-order valence-electron chi connectivity index (χ0n) is 11.4. The van der Waals surface area contributed by atoms with Gasteiger partial charge >= 0.3 is 0 Å². The molecule has 0 aliphatic rings. The summed E-state index contributed by atoms with van der Waals surface area (Å²) in [5.74, 6) is 0. The van der Waals surface area contributed by atoms with E-state index >= 15 is 0 Å². The molecule has 0 aliphatic heterocycles. The second-order valence-electron chi connectivity index (χ2n) is 4.96. The topological polar surface area (TPSA) is 24.5 Å². The van der Waals surface area contributed by atoms with Gasteiger partial charge in [0.15, 0.2) is 0 Å². The summed E-state index contributed by atoms with van der Waals surface area (Å²) in [4.78, 5) is 2.38. The molecule has 0 spiro atoms. The summed E-state index contributed by atoms with van der Waals surface area (Å²) < 4.78 is 5.12. The van der Waals surface area contributed by atoms with Gasteiger partial charge in [0, 0.05) is 33.3 Å². The van der Waals surface area contributed by atoms with E-state index in [9.17, 15) is 0 Å². The third kappa shape index (κ3) is 7.85. The van der Waals surface area contributed by atoms with Crippen LogP contribution in [0.3, 0.4) is 0 Å². The van der Waals surface area contributed by atoms with Crippen molar-refractivity contribution >= 4 is 0 Å². The van der Waals surface area contributed by atoms with Gasteiger partial charge in [-0.05, 0) is 12.0 Å². The van der Waals surface area contributed by atoms with Crippen LogP contribution in [0.15, 0.2) is 12.7 Å². The molecule has 0 aliphatic carbocycles. The van der Waals surface area contributed by atoms with Crippen molar-refractivity contribution in [1.82, 2.24) is 10.2 Å². The van der Waals surface area contributed by atoms with Crippen LogP contribution in [-0.4, -0.2) is 51.3 Å². The number of hydrogen-bond donors (Lipinski definition) is 1. The van der Waals surface area contributed by atoms with Gasteiger partial charge in [0.25, 0.3) is 0 Å². The lowest BCUT2D eigenvalue weighted by Crippen LogP contribution is -2.41. The molecular formula is C13H28N2O. The Kier molecular flexibility index (Phi) is 8.53. The number of ether oxygens (including phenoxy) is 1. The van der Waals surface area contributed by atoms with Crippen LogP contribution in [0.25, 0.3) is 0 Å². The van der Waals surface area contributed by atoms with Gasteiger partial charge in [-0.2, -0.15) is 0 Å². The smallest absolute Gasteiger partial charge is 0.0589 e. The average molecular weight is 228 g/mol. The Morgan fingerprint density at radius 3 is 2.62 bits per heavy atom. The summed E-state index contributed by atoms with van der Waals surface area (Å²) in [5, 5.41) is 3.41. The lowest BCUT2D eigenvalue weighted by atomic mass is 9.92. The highest BCUT2D eigenvalue weighted by Crippen LogP contribution is 2.15. The van der Waals surface area contributed by atoms with Crippen molar-refractivity contribution in [3.63, 3.8) is 0 Å². The fourth-order valence-corrected chi connectivity index (χ4v) is 1.76. The van der Waals surface area contributed by atoms with Gasteiger partial charge < -0.3 is 10.1 Å². The SMILES string of the molecule is C=CCN(CCOC)CC(C)(C)CNCC. The third-order valence-corrected chi connectivity index (χ3v) is 2.50. The Hall–Kier alpha value is -0.380. The first kappa shape index (κ1) is 15.6. The summed E-state index contributed by atoms with van der Waals surface area (Å²) in [5.41, 5.74) is 0.284. The van der Waals surface area contributed by atoms with Gasteiger partial charge in [0.1, 0.15) is 0 Å². The van der Waals surface area contributed by atoms with Crippen LogP contribution in [0.1, 0.15) is 20.8 Å². The van der Waals surface area contributed by atoms with Crippen molar-refractivity contribution in [2.75, 3.05) is 46.4 Å². The van der Waals surface area contributed by atoms with Crippen molar-refractivity contribution < 1.29 is 4.74 Å². The Bertz CT molecular complexity index is 181. The van der Waals surface area contributed by atoms with Gasteiger partial charge in [-0.3, -0.25) is 4.90 Å². The first-order valence-electron chi connectivity index (χ1n) is 6.08. The second kappa shape index (κ2) is 8.74. The predicted octanol–water partition coefficient (Wildman–Crippen LogP) is 1.76. The molecule has 3 heteroatoms. The normalized spacial score (nSPS) is 12.1. The molecule has 0 saturated heterocycles. The number of rotatable bonds is 10. The van der Waals surface area contributed by atoms with Gasteiger partial charge in [0.2, 0.25) is 0 Å². The Morgan fingerprint density at radius 2 is 2.12 bits per heavy atom. The fourth-order valence-electron chi connectivity index (χ4n) is 1.76. The van der Waals surface area contributed by atoms with E-state index in [0.29, 0.717) is 0 Å². The molecule has 1 N–H and O–H groups in total. The molecule has 0 rings (SSSR count). The monoisotopic (exact) mass is 228 g/mol. The molecule has 3 nitrogen and oxygen atoms in total. The standard InChI is InChI=1S/C13H28N2O/c1-6-8-15(9-10-16-5)12-13(3,4)11-14-7-2/h6,14H,1,7-12H2,2-5H3. The minimum atomic E-state index is 0.284. The van der Waals surface area contributed by atoms with Gasteiger partial charge in [-0.1, -0.05) is 26.8 Å². The zero-order valence-corrected chi connectivity index (χ0v) is 11.4. The molecule has 0 atom stereocenters. The van der Waals surface area contributed by atoms with Gasteiger partial charge in [0.05, 0.1) is 6.61 Å². The maximum Gasteiger partial charge on any atom is 0.0589 e. The van der Waals surface area contributed by atoms with Crippen LogP contribution in [0.4, 0.5) is 0 Å². The van der Waals surface area contributed by atoms with Crippen LogP contribution in [0, 0.1) is 5.41 Å². The molecule has 0 aromatic carbocycles. The van der Waals surface area contributed by atoms with Crippen LogP contribution >= 0.6 is 0 Å². The first-order valence-corrected chi connectivity index (χ1v) is 6.08. The number of nitrogens with one attached hydrogen (secondary N) is 1. The van der Waals surface area contributed by atoms with E-state index in [4.69, 9.17) is 4.74 Å². The minimum absolute atomic E-state index is 0.284. The molecule has 0 aromatic rings. The quantitative estimate of drug-likeness (QED) is 0.577. The summed E-state index contributed by atoms with van der Waals surface area (Å²) in [6.45, 7) is 16.3. The summed E-state index contributed by atoms with van der Waals surface area (Å²) in [7, 11) is 1.75. The molecule has 96 valence electrons. The molecule has 0 heterocycles. The minimum Gasteiger partial charge on any atom is -0.383 e. The van der Waals surface area contributed by atoms with E-state index in [1.54, 1.807) is 7.11 Å². The molecule has 0 bridgehead atoms. The van der Waals surface area contributed by atoms with E-state index in [-0.39, 0.29) is 5.41 Å². The summed E-state index contributed by atoms with van der Waals surface area (Å²) >= 11 is 0. The van der Waals surface area contributed by atoms with E-state index in [1.807, 2.05) is 6.08 Å². The highest BCUT2D eigenvalue weighted by molar-refractivity contribution is 4.80. The van der Waals surface area contributed by atoms with Crippen LogP contribution < -0.4 is 5.32 Å². The van der Waals surface area contributed by atoms with Crippen molar-refractivity contribution in [1.29, 1.82) is 0 Å². The number of nitrogens with zero attached hydrogens (tertiary/aromatic N) is 1. The molecule has 0 aromatic heterocycles. The molecular weight excluding hydrogens is 200 g/mol. The maximum atomic E-state index is 5.12. The molecule has 0 fully saturated rings. The van der Waals surface area contributed by atoms with Crippen LogP contribution in [0.2, 0.25) is 0 Å². The van der Waals surface area contributed by atoms with Crippen molar-refractivity contribution in [3.05, 3.63) is 12.7 Å². The molecule has 0 unspecified atom stereocenters. The molecule has 0 saturated carbocycles. The Labute approximate surface area is 101 Å². The number of methoxy groups -OCH3 is 1. The zero-order chi connectivity index (χ0) is 12.4. The average Bonchev–Trinajstić information content (AvgIpc) is 2.23. The fraction of sp³-hybridized carbons (Fsp3) is 0.846. The van der Waals surface area contributed by atoms with Gasteiger partial charge in [-0.15, -0.1) is 6.58 Å². The summed E-state index contributed by atoms with van der Waals surface area (Å²) in [6.07, 6.45) is 1.96. The van der Waals surface area contributed by atoms with E-state index in [0.717, 1.165) is 39.3 Å². The second-order valence-corrected chi connectivity index (χ2v) is 4.96. The maximum absolute atomic E-state index is 5.12. The molecule has 0 radical (unpaired) electrons. The lowest BCUT2D eigenvalue weighted by Gasteiger charge is -2.32. The predicted molar refractivity (Wildman–Crippen MR) is 70.8 cm³/mol. The highest BCUT2D eigenvalue weighted by Gasteiger charge is 2.20.